The molecule has 9 heteroatoms. The van der Waals surface area contributed by atoms with Gasteiger partial charge in [0.2, 0.25) is 10.0 Å². The first-order valence-corrected chi connectivity index (χ1v) is 10.1. The fraction of sp³-hybridized carbons (Fsp3) is 0.462. The molecular weight excluding hydrogens is 340 g/mol. The van der Waals surface area contributed by atoms with Crippen LogP contribution in [0.4, 0.5) is 0 Å². The summed E-state index contributed by atoms with van der Waals surface area (Å²) in [6, 6.07) is 3.34. The Kier molecular flexibility index (Phi) is 4.76. The number of piperidine rings is 1. The van der Waals surface area contributed by atoms with Crippen LogP contribution < -0.4 is 0 Å². The first-order chi connectivity index (χ1) is 10.6. The SMILES string of the molecule is Cc1nnc(Sc2ccc(S(=O)(=O)N3CCCCC3)cn2)s1. The van der Waals surface area contributed by atoms with Crippen molar-refractivity contribution in [3.05, 3.63) is 23.3 Å². The molecule has 0 spiro atoms. The van der Waals surface area contributed by atoms with E-state index in [-0.39, 0.29) is 4.90 Å². The molecule has 0 unspecified atom stereocenters. The van der Waals surface area contributed by atoms with E-state index in [9.17, 15) is 8.42 Å². The van der Waals surface area contributed by atoms with Crippen LogP contribution in [0, 0.1) is 6.92 Å². The lowest BCUT2D eigenvalue weighted by molar-refractivity contribution is 0.346. The van der Waals surface area contributed by atoms with E-state index in [1.807, 2.05) is 6.92 Å². The summed E-state index contributed by atoms with van der Waals surface area (Å²) < 4.78 is 27.4. The number of nitrogens with zero attached hydrogens (tertiary/aromatic N) is 4. The summed E-state index contributed by atoms with van der Waals surface area (Å²) in [5.74, 6) is 0. The smallest absolute Gasteiger partial charge is 0.244 e. The zero-order valence-electron chi connectivity index (χ0n) is 12.1. The van der Waals surface area contributed by atoms with E-state index in [1.165, 1.54) is 29.3 Å². The van der Waals surface area contributed by atoms with Crippen LogP contribution in [0.5, 0.6) is 0 Å². The standard InChI is InChI=1S/C13H16N4O2S3/c1-10-15-16-13(20-10)21-12-6-5-11(9-14-12)22(18,19)17-7-3-2-4-8-17/h5-6,9H,2-4,7-8H2,1H3. The molecule has 0 radical (unpaired) electrons. The molecule has 0 saturated carbocycles. The predicted octanol–water partition coefficient (Wildman–Crippen LogP) is 2.57. The topological polar surface area (TPSA) is 76.1 Å². The Hall–Kier alpha value is -1.03. The number of aryl methyl sites for hydroxylation is 1. The largest absolute Gasteiger partial charge is 0.248 e. The van der Waals surface area contributed by atoms with Crippen LogP contribution in [0.3, 0.4) is 0 Å². The summed E-state index contributed by atoms with van der Waals surface area (Å²) in [4.78, 5) is 4.50. The zero-order chi connectivity index (χ0) is 15.6. The summed E-state index contributed by atoms with van der Waals surface area (Å²) in [5.41, 5.74) is 0. The lowest BCUT2D eigenvalue weighted by Crippen LogP contribution is -2.35. The van der Waals surface area contributed by atoms with Crippen molar-refractivity contribution in [1.29, 1.82) is 0 Å². The van der Waals surface area contributed by atoms with Crippen LogP contribution in [0.25, 0.3) is 0 Å². The van der Waals surface area contributed by atoms with E-state index in [4.69, 9.17) is 0 Å². The van der Waals surface area contributed by atoms with Crippen molar-refractivity contribution >= 4 is 33.1 Å². The highest BCUT2D eigenvalue weighted by Crippen LogP contribution is 2.29. The summed E-state index contributed by atoms with van der Waals surface area (Å²) in [6.45, 7) is 3.09. The van der Waals surface area contributed by atoms with Crippen molar-refractivity contribution in [2.24, 2.45) is 0 Å². The van der Waals surface area contributed by atoms with Gasteiger partial charge in [-0.15, -0.1) is 10.2 Å². The molecule has 6 nitrogen and oxygen atoms in total. The predicted molar refractivity (Wildman–Crippen MR) is 85.6 cm³/mol. The van der Waals surface area contributed by atoms with Gasteiger partial charge >= 0.3 is 0 Å². The van der Waals surface area contributed by atoms with Crippen LogP contribution in [0.1, 0.15) is 24.3 Å². The van der Waals surface area contributed by atoms with Crippen LogP contribution in [0.2, 0.25) is 0 Å². The van der Waals surface area contributed by atoms with Crippen molar-refractivity contribution in [2.45, 2.75) is 40.4 Å². The summed E-state index contributed by atoms with van der Waals surface area (Å²) in [7, 11) is -3.41. The van der Waals surface area contributed by atoms with Crippen molar-refractivity contribution in [2.75, 3.05) is 13.1 Å². The Balaban J connectivity index is 1.75. The number of aromatic nitrogens is 3. The first kappa shape index (κ1) is 15.9. The highest BCUT2D eigenvalue weighted by molar-refractivity contribution is 8.01. The summed E-state index contributed by atoms with van der Waals surface area (Å²) in [5, 5.41) is 9.58. The van der Waals surface area contributed by atoms with E-state index in [1.54, 1.807) is 16.4 Å². The van der Waals surface area contributed by atoms with Crippen LogP contribution in [0.15, 0.2) is 32.6 Å². The quantitative estimate of drug-likeness (QED) is 0.838. The molecule has 0 N–H and O–H groups in total. The van der Waals surface area contributed by atoms with E-state index in [0.29, 0.717) is 18.1 Å². The van der Waals surface area contributed by atoms with Gasteiger partial charge in [-0.25, -0.2) is 13.4 Å². The normalized spacial score (nSPS) is 16.8. The van der Waals surface area contributed by atoms with Gasteiger partial charge in [0.25, 0.3) is 0 Å². The molecule has 0 amide bonds. The average Bonchev–Trinajstić information content (AvgIpc) is 2.94. The summed E-state index contributed by atoms with van der Waals surface area (Å²) >= 11 is 2.88. The molecule has 3 rings (SSSR count). The molecule has 0 bridgehead atoms. The van der Waals surface area contributed by atoms with Gasteiger partial charge in [-0.3, -0.25) is 0 Å². The molecule has 0 atom stereocenters. The van der Waals surface area contributed by atoms with E-state index in [0.717, 1.165) is 28.6 Å². The van der Waals surface area contributed by atoms with Gasteiger partial charge in [0.05, 0.1) is 0 Å². The monoisotopic (exact) mass is 356 g/mol. The number of rotatable bonds is 4. The van der Waals surface area contributed by atoms with Crippen LogP contribution >= 0.6 is 23.1 Å². The fourth-order valence-corrected chi connectivity index (χ4v) is 5.41. The van der Waals surface area contributed by atoms with Crippen molar-refractivity contribution in [3.63, 3.8) is 0 Å². The second kappa shape index (κ2) is 6.61. The molecule has 118 valence electrons. The third-order valence-corrected chi connectivity index (χ3v) is 7.08. The Morgan fingerprint density at radius 3 is 2.55 bits per heavy atom. The molecule has 1 fully saturated rings. The lowest BCUT2D eigenvalue weighted by atomic mass is 10.2. The van der Waals surface area contributed by atoms with Crippen molar-refractivity contribution < 1.29 is 8.42 Å². The molecule has 1 saturated heterocycles. The van der Waals surface area contributed by atoms with Gasteiger partial charge in [-0.2, -0.15) is 4.31 Å². The van der Waals surface area contributed by atoms with Gasteiger partial charge in [0.15, 0.2) is 4.34 Å². The van der Waals surface area contributed by atoms with Gasteiger partial charge in [-0.05, 0) is 43.7 Å². The fourth-order valence-electron chi connectivity index (χ4n) is 2.24. The molecule has 3 heterocycles. The number of pyridine rings is 1. The molecule has 2 aromatic rings. The molecule has 0 aliphatic carbocycles. The van der Waals surface area contributed by atoms with Crippen molar-refractivity contribution in [3.8, 4) is 0 Å². The Morgan fingerprint density at radius 2 is 1.95 bits per heavy atom. The molecule has 2 aromatic heterocycles. The van der Waals surface area contributed by atoms with Gasteiger partial charge < -0.3 is 0 Å². The minimum absolute atomic E-state index is 0.257. The maximum Gasteiger partial charge on any atom is 0.244 e. The molecule has 1 aliphatic rings. The Morgan fingerprint density at radius 1 is 1.18 bits per heavy atom. The molecule has 1 aliphatic heterocycles. The van der Waals surface area contributed by atoms with Gasteiger partial charge in [0, 0.05) is 19.3 Å². The van der Waals surface area contributed by atoms with E-state index < -0.39 is 10.0 Å². The third kappa shape index (κ3) is 3.48. The number of hydrogen-bond acceptors (Lipinski definition) is 7. The van der Waals surface area contributed by atoms with Crippen LogP contribution in [-0.2, 0) is 10.0 Å². The lowest BCUT2D eigenvalue weighted by Gasteiger charge is -2.25. The minimum Gasteiger partial charge on any atom is -0.248 e. The summed E-state index contributed by atoms with van der Waals surface area (Å²) in [6.07, 6.45) is 4.38. The van der Waals surface area contributed by atoms with E-state index in [2.05, 4.69) is 15.2 Å². The van der Waals surface area contributed by atoms with Gasteiger partial charge in [0.1, 0.15) is 14.9 Å². The highest BCUT2D eigenvalue weighted by atomic mass is 32.2. The van der Waals surface area contributed by atoms with Crippen molar-refractivity contribution in [1.82, 2.24) is 19.5 Å². The maximum absolute atomic E-state index is 12.5. The molecule has 0 aromatic carbocycles. The Bertz CT molecular complexity index is 737. The van der Waals surface area contributed by atoms with E-state index >= 15 is 0 Å². The second-order valence-corrected chi connectivity index (χ2v) is 9.37. The molecular formula is C13H16N4O2S3. The molecule has 22 heavy (non-hydrogen) atoms. The second-order valence-electron chi connectivity index (χ2n) is 4.99. The highest BCUT2D eigenvalue weighted by Gasteiger charge is 2.26. The maximum atomic E-state index is 12.5. The first-order valence-electron chi connectivity index (χ1n) is 7.00. The Labute approximate surface area is 138 Å². The van der Waals surface area contributed by atoms with Gasteiger partial charge in [-0.1, -0.05) is 17.8 Å². The zero-order valence-corrected chi connectivity index (χ0v) is 14.5. The number of sulfonamides is 1. The third-order valence-electron chi connectivity index (χ3n) is 3.36. The minimum atomic E-state index is -3.41. The van der Waals surface area contributed by atoms with Crippen LogP contribution in [-0.4, -0.2) is 41.0 Å². The number of hydrogen-bond donors (Lipinski definition) is 0. The average molecular weight is 356 g/mol.